The predicted octanol–water partition coefficient (Wildman–Crippen LogP) is 16.8. The maximum atomic E-state index is 13.2. The molecule has 380 valence electrons. The lowest BCUT2D eigenvalue weighted by atomic mass is 10.0. The topological polar surface area (TPSA) is 95.9 Å². The summed E-state index contributed by atoms with van der Waals surface area (Å²) in [4.78, 5) is 26.2. The van der Waals surface area contributed by atoms with Crippen molar-refractivity contribution < 1.29 is 24.5 Å². The highest BCUT2D eigenvalue weighted by molar-refractivity contribution is 5.77. The number of ether oxygens (including phenoxy) is 1. The van der Waals surface area contributed by atoms with E-state index in [0.29, 0.717) is 19.3 Å². The third-order valence-corrected chi connectivity index (χ3v) is 11.8. The molecule has 6 heteroatoms. The molecule has 3 N–H and O–H groups in total. The molecular weight excluding hydrogens is 827 g/mol. The second-order valence-corrected chi connectivity index (χ2v) is 18.1. The van der Waals surface area contributed by atoms with Crippen LogP contribution >= 0.6 is 0 Å². The van der Waals surface area contributed by atoms with Crippen LogP contribution in [0, 0.1) is 0 Å². The van der Waals surface area contributed by atoms with E-state index in [0.717, 1.165) is 89.9 Å². The predicted molar refractivity (Wildman–Crippen MR) is 291 cm³/mol. The molecule has 0 saturated carbocycles. The van der Waals surface area contributed by atoms with Crippen LogP contribution in [0.25, 0.3) is 0 Å². The molecule has 0 aliphatic heterocycles. The smallest absolute Gasteiger partial charge is 0.306 e. The molecule has 0 bridgehead atoms. The van der Waals surface area contributed by atoms with Gasteiger partial charge in [0.05, 0.1) is 25.2 Å². The van der Waals surface area contributed by atoms with E-state index in [4.69, 9.17) is 4.74 Å². The fourth-order valence-corrected chi connectivity index (χ4v) is 7.66. The maximum Gasteiger partial charge on any atom is 0.306 e. The Hall–Kier alpha value is -3.74. The number of esters is 1. The van der Waals surface area contributed by atoms with Crippen LogP contribution in [0.15, 0.2) is 122 Å². The number of unbranched alkanes of at least 4 members (excludes halogenated alkanes) is 23. The van der Waals surface area contributed by atoms with Crippen molar-refractivity contribution in [2.24, 2.45) is 0 Å². The van der Waals surface area contributed by atoms with E-state index >= 15 is 0 Å². The standard InChI is InChI=1S/C61H101NO5/c1-4-7-10-13-16-19-22-25-28-30-33-35-38-41-44-47-50-53-59(64)58(56-63)62-60(65)55-57(52-49-46-43-40-37-34-32-29-26-23-20-17-14-11-8-5-2)67-61(66)54-51-48-45-42-39-36-31-27-24-21-18-15-12-9-6-3/h9,11-12,14-15,17-18,20-21,23-24,26-27,29,31-32,34,36-37,39,57-59,63-64H,4-8,10,13,16,19,22,25,28,30,33,35,38,40-56H2,1-3H3,(H,62,65)/b12-9+,14-11+,18-15+,20-17+,24-21-,26-23+,31-27-,32-29+,37-34+,39-36+. The summed E-state index contributed by atoms with van der Waals surface area (Å²) in [7, 11) is 0. The Kier molecular flexibility index (Phi) is 50.2. The number of aliphatic hydroxyl groups excluding tert-OH is 2. The van der Waals surface area contributed by atoms with E-state index in [1.165, 1.54) is 89.9 Å². The third kappa shape index (κ3) is 48.5. The summed E-state index contributed by atoms with van der Waals surface area (Å²) in [6.07, 6.45) is 73.9. The zero-order chi connectivity index (χ0) is 48.8. The Bertz CT molecular complexity index is 1410. The van der Waals surface area contributed by atoms with Crippen LogP contribution in [0.5, 0.6) is 0 Å². The first-order valence-electron chi connectivity index (χ1n) is 27.4. The summed E-state index contributed by atoms with van der Waals surface area (Å²) >= 11 is 0. The summed E-state index contributed by atoms with van der Waals surface area (Å²) in [5.41, 5.74) is 0. The molecule has 0 spiro atoms. The molecule has 0 radical (unpaired) electrons. The van der Waals surface area contributed by atoms with E-state index in [1.54, 1.807) is 0 Å². The minimum Gasteiger partial charge on any atom is -0.462 e. The van der Waals surface area contributed by atoms with E-state index in [9.17, 15) is 19.8 Å². The summed E-state index contributed by atoms with van der Waals surface area (Å²) < 4.78 is 5.91. The largest absolute Gasteiger partial charge is 0.462 e. The number of carbonyl (C=O) groups excluding carboxylic acids is 2. The molecule has 67 heavy (non-hydrogen) atoms. The first kappa shape index (κ1) is 63.3. The zero-order valence-electron chi connectivity index (χ0n) is 43.2. The van der Waals surface area contributed by atoms with E-state index in [2.05, 4.69) is 68.6 Å². The Morgan fingerprint density at radius 3 is 1.28 bits per heavy atom. The first-order valence-corrected chi connectivity index (χ1v) is 27.4. The van der Waals surface area contributed by atoms with Gasteiger partial charge >= 0.3 is 5.97 Å². The van der Waals surface area contributed by atoms with Gasteiger partial charge in [0.2, 0.25) is 5.91 Å². The van der Waals surface area contributed by atoms with Gasteiger partial charge in [0.15, 0.2) is 0 Å². The highest BCUT2D eigenvalue weighted by Gasteiger charge is 2.24. The number of allylic oxidation sites excluding steroid dienone is 20. The molecule has 0 saturated heterocycles. The highest BCUT2D eigenvalue weighted by Crippen LogP contribution is 2.17. The summed E-state index contributed by atoms with van der Waals surface area (Å²) in [5.74, 6) is -0.575. The second-order valence-electron chi connectivity index (χ2n) is 18.1. The van der Waals surface area contributed by atoms with Crippen LogP contribution in [0.4, 0.5) is 0 Å². The van der Waals surface area contributed by atoms with Gasteiger partial charge in [-0.25, -0.2) is 0 Å². The minimum absolute atomic E-state index is 0.0240. The number of aliphatic hydroxyl groups is 2. The average molecular weight is 928 g/mol. The SMILES string of the molecule is CC/C=C/C=C/C=C\C=C/C=C/CCCCCC(=O)OC(CCCCC/C=C/C=C/C=C/C=C/C=C/CCC)CC(=O)NC(CO)C(O)CCCCCCCCCCCCCCCCCCC. The van der Waals surface area contributed by atoms with Gasteiger partial charge in [0.1, 0.15) is 6.10 Å². The normalized spacial score (nSPS) is 14.2. The zero-order valence-corrected chi connectivity index (χ0v) is 43.2. The molecule has 0 aromatic rings. The van der Waals surface area contributed by atoms with Crippen LogP contribution in [0.1, 0.15) is 226 Å². The Labute approximate surface area is 412 Å². The van der Waals surface area contributed by atoms with Gasteiger partial charge < -0.3 is 20.3 Å². The molecule has 1 amide bonds. The number of hydrogen-bond acceptors (Lipinski definition) is 5. The number of hydrogen-bond donors (Lipinski definition) is 3. The van der Waals surface area contributed by atoms with Crippen molar-refractivity contribution in [3.8, 4) is 0 Å². The molecule has 0 aromatic carbocycles. The lowest BCUT2D eigenvalue weighted by Crippen LogP contribution is -2.46. The molecule has 0 aliphatic rings. The monoisotopic (exact) mass is 928 g/mol. The van der Waals surface area contributed by atoms with Crippen molar-refractivity contribution in [2.45, 2.75) is 244 Å². The molecular formula is C61H101NO5. The number of amides is 1. The summed E-state index contributed by atoms with van der Waals surface area (Å²) in [6, 6.07) is -0.735. The summed E-state index contributed by atoms with van der Waals surface area (Å²) in [6.45, 7) is 6.23. The van der Waals surface area contributed by atoms with Crippen molar-refractivity contribution in [1.29, 1.82) is 0 Å². The van der Waals surface area contributed by atoms with Gasteiger partial charge in [-0.05, 0) is 64.2 Å². The van der Waals surface area contributed by atoms with Gasteiger partial charge in [-0.3, -0.25) is 9.59 Å². The molecule has 0 fully saturated rings. The molecule has 3 unspecified atom stereocenters. The Balaban J connectivity index is 4.73. The highest BCUT2D eigenvalue weighted by atomic mass is 16.5. The van der Waals surface area contributed by atoms with E-state index in [1.807, 2.05) is 79.0 Å². The number of rotatable bonds is 47. The van der Waals surface area contributed by atoms with E-state index < -0.39 is 18.2 Å². The Morgan fingerprint density at radius 1 is 0.448 bits per heavy atom. The Morgan fingerprint density at radius 2 is 0.836 bits per heavy atom. The second kappa shape index (κ2) is 53.2. The molecule has 0 aromatic heterocycles. The van der Waals surface area contributed by atoms with Crippen LogP contribution in [-0.4, -0.2) is 46.9 Å². The van der Waals surface area contributed by atoms with Crippen molar-refractivity contribution in [2.75, 3.05) is 6.61 Å². The van der Waals surface area contributed by atoms with Crippen LogP contribution in [-0.2, 0) is 14.3 Å². The number of nitrogens with one attached hydrogen (secondary N) is 1. The molecule has 6 nitrogen and oxygen atoms in total. The average Bonchev–Trinajstić information content (AvgIpc) is 3.32. The minimum atomic E-state index is -0.817. The van der Waals surface area contributed by atoms with Crippen molar-refractivity contribution in [3.05, 3.63) is 122 Å². The fourth-order valence-electron chi connectivity index (χ4n) is 7.66. The molecule has 3 atom stereocenters. The van der Waals surface area contributed by atoms with Crippen LogP contribution < -0.4 is 5.32 Å². The third-order valence-electron chi connectivity index (χ3n) is 11.8. The fraction of sp³-hybridized carbons (Fsp3) is 0.639. The van der Waals surface area contributed by atoms with E-state index in [-0.39, 0.29) is 24.9 Å². The number of carbonyl (C=O) groups is 2. The van der Waals surface area contributed by atoms with Gasteiger partial charge in [-0.1, -0.05) is 271 Å². The summed E-state index contributed by atoms with van der Waals surface area (Å²) in [5, 5.41) is 23.8. The first-order chi connectivity index (χ1) is 33.0. The van der Waals surface area contributed by atoms with Gasteiger partial charge in [-0.15, -0.1) is 0 Å². The quantitative estimate of drug-likeness (QED) is 0.0321. The van der Waals surface area contributed by atoms with Crippen LogP contribution in [0.3, 0.4) is 0 Å². The maximum absolute atomic E-state index is 13.2. The lowest BCUT2D eigenvalue weighted by Gasteiger charge is -2.24. The van der Waals surface area contributed by atoms with Crippen molar-refractivity contribution >= 4 is 11.9 Å². The van der Waals surface area contributed by atoms with Gasteiger partial charge in [-0.2, -0.15) is 0 Å². The van der Waals surface area contributed by atoms with Crippen molar-refractivity contribution in [3.63, 3.8) is 0 Å². The van der Waals surface area contributed by atoms with Crippen LogP contribution in [0.2, 0.25) is 0 Å². The van der Waals surface area contributed by atoms with Crippen molar-refractivity contribution in [1.82, 2.24) is 5.32 Å². The van der Waals surface area contributed by atoms with Gasteiger partial charge in [0, 0.05) is 6.42 Å². The molecule has 0 aliphatic carbocycles. The lowest BCUT2D eigenvalue weighted by molar-refractivity contribution is -0.151. The molecule has 0 rings (SSSR count). The molecule has 0 heterocycles. The van der Waals surface area contributed by atoms with Gasteiger partial charge in [0.25, 0.3) is 0 Å².